The first-order valence-corrected chi connectivity index (χ1v) is 6.56. The lowest BCUT2D eigenvalue weighted by atomic mass is 9.92. The molecule has 102 valence electrons. The second kappa shape index (κ2) is 6.28. The van der Waals surface area contributed by atoms with E-state index in [0.717, 1.165) is 18.5 Å². The van der Waals surface area contributed by atoms with E-state index in [1.165, 1.54) is 0 Å². The topological polar surface area (TPSA) is 12.0 Å². The van der Waals surface area contributed by atoms with Gasteiger partial charge in [-0.3, -0.25) is 0 Å². The highest BCUT2D eigenvalue weighted by atomic mass is 19.3. The van der Waals surface area contributed by atoms with E-state index in [1.807, 2.05) is 19.2 Å². The average molecular weight is 255 g/mol. The normalized spacial score (nSPS) is 13.9. The molecule has 1 unspecified atom stereocenters. The van der Waals surface area contributed by atoms with Crippen LogP contribution in [0.15, 0.2) is 24.3 Å². The third-order valence-electron chi connectivity index (χ3n) is 3.44. The zero-order chi connectivity index (χ0) is 13.8. The summed E-state index contributed by atoms with van der Waals surface area (Å²) in [6, 6.07) is 6.79. The number of hydrogen-bond acceptors (Lipinski definition) is 1. The van der Waals surface area contributed by atoms with Crippen molar-refractivity contribution in [1.29, 1.82) is 0 Å². The third kappa shape index (κ3) is 3.29. The largest absolute Gasteiger partial charge is 0.319 e. The number of nitrogens with one attached hydrogen (secondary N) is 1. The first-order valence-electron chi connectivity index (χ1n) is 6.56. The number of alkyl halides is 2. The van der Waals surface area contributed by atoms with Crippen LogP contribution in [-0.2, 0) is 5.92 Å². The minimum Gasteiger partial charge on any atom is -0.319 e. The Labute approximate surface area is 109 Å². The molecule has 0 bridgehead atoms. The summed E-state index contributed by atoms with van der Waals surface area (Å²) in [6.45, 7) is 6.07. The maximum Gasteiger partial charge on any atom is 0.275 e. The van der Waals surface area contributed by atoms with Crippen LogP contribution in [0.1, 0.15) is 44.2 Å². The van der Waals surface area contributed by atoms with Crippen LogP contribution in [0.2, 0.25) is 0 Å². The lowest BCUT2D eigenvalue weighted by molar-refractivity contribution is -0.0513. The minimum absolute atomic E-state index is 0.112. The number of likely N-dealkylation sites (N-methyl/N-ethyl adjacent to an activating group) is 1. The molecule has 0 aliphatic heterocycles. The van der Waals surface area contributed by atoms with Gasteiger partial charge < -0.3 is 5.32 Å². The molecule has 1 N–H and O–H groups in total. The van der Waals surface area contributed by atoms with Crippen LogP contribution in [0.5, 0.6) is 0 Å². The van der Waals surface area contributed by atoms with Crippen molar-refractivity contribution in [3.05, 3.63) is 35.4 Å². The predicted octanol–water partition coefficient (Wildman–Crippen LogP) is 4.15. The van der Waals surface area contributed by atoms with E-state index in [0.29, 0.717) is 5.92 Å². The average Bonchev–Trinajstić information content (AvgIpc) is 2.36. The molecule has 0 heterocycles. The summed E-state index contributed by atoms with van der Waals surface area (Å²) >= 11 is 0. The third-order valence-corrected chi connectivity index (χ3v) is 3.44. The van der Waals surface area contributed by atoms with Gasteiger partial charge in [-0.25, -0.2) is 8.78 Å². The van der Waals surface area contributed by atoms with Gasteiger partial charge in [-0.15, -0.1) is 0 Å². The lowest BCUT2D eigenvalue weighted by Crippen LogP contribution is -2.21. The van der Waals surface area contributed by atoms with E-state index >= 15 is 0 Å². The van der Waals surface area contributed by atoms with Crippen molar-refractivity contribution in [2.24, 2.45) is 5.92 Å². The predicted molar refractivity (Wildman–Crippen MR) is 72.1 cm³/mol. The molecule has 1 aromatic carbocycles. The van der Waals surface area contributed by atoms with Crippen molar-refractivity contribution in [2.75, 3.05) is 13.6 Å². The van der Waals surface area contributed by atoms with Crippen LogP contribution < -0.4 is 5.32 Å². The van der Waals surface area contributed by atoms with Crippen molar-refractivity contribution < 1.29 is 8.78 Å². The van der Waals surface area contributed by atoms with Crippen molar-refractivity contribution in [2.45, 2.75) is 39.0 Å². The van der Waals surface area contributed by atoms with Crippen LogP contribution in [0.4, 0.5) is 8.78 Å². The Morgan fingerprint density at radius 3 is 2.11 bits per heavy atom. The SMILES string of the molecule is CCC(CNC)c1ccc(C(F)(F)C(C)C)cc1. The molecule has 1 atom stereocenters. The number of halogens is 2. The van der Waals surface area contributed by atoms with Crippen LogP contribution in [0.25, 0.3) is 0 Å². The van der Waals surface area contributed by atoms with Crippen LogP contribution in [0.3, 0.4) is 0 Å². The fraction of sp³-hybridized carbons (Fsp3) is 0.600. The molecule has 0 aliphatic rings. The Hall–Kier alpha value is -0.960. The van der Waals surface area contributed by atoms with E-state index in [2.05, 4.69) is 12.2 Å². The van der Waals surface area contributed by atoms with E-state index in [1.54, 1.807) is 26.0 Å². The van der Waals surface area contributed by atoms with E-state index < -0.39 is 11.8 Å². The summed E-state index contributed by atoms with van der Waals surface area (Å²) in [4.78, 5) is 0. The van der Waals surface area contributed by atoms with Crippen molar-refractivity contribution in [3.8, 4) is 0 Å². The first kappa shape index (κ1) is 15.1. The molecule has 3 heteroatoms. The zero-order valence-electron chi connectivity index (χ0n) is 11.6. The fourth-order valence-electron chi connectivity index (χ4n) is 2.06. The second-order valence-corrected chi connectivity index (χ2v) is 5.06. The highest BCUT2D eigenvalue weighted by Crippen LogP contribution is 2.36. The van der Waals surface area contributed by atoms with E-state index in [4.69, 9.17) is 0 Å². The van der Waals surface area contributed by atoms with Crippen molar-refractivity contribution >= 4 is 0 Å². The molecule has 0 spiro atoms. The number of benzene rings is 1. The van der Waals surface area contributed by atoms with Gasteiger partial charge in [0.25, 0.3) is 5.92 Å². The molecule has 18 heavy (non-hydrogen) atoms. The Balaban J connectivity index is 2.92. The summed E-state index contributed by atoms with van der Waals surface area (Å²) in [5, 5.41) is 3.13. The molecule has 0 aliphatic carbocycles. The van der Waals surface area contributed by atoms with Gasteiger partial charge in [0.2, 0.25) is 0 Å². The standard InChI is InChI=1S/C15H23F2N/c1-5-12(10-18-4)13-6-8-14(9-7-13)15(16,17)11(2)3/h6-9,11-12,18H,5,10H2,1-4H3. The molecule has 0 amide bonds. The zero-order valence-corrected chi connectivity index (χ0v) is 11.6. The molecule has 0 radical (unpaired) electrons. The fourth-order valence-corrected chi connectivity index (χ4v) is 2.06. The summed E-state index contributed by atoms with van der Waals surface area (Å²) < 4.78 is 27.7. The molecule has 0 fully saturated rings. The van der Waals surface area contributed by atoms with Crippen LogP contribution in [0, 0.1) is 5.92 Å². The monoisotopic (exact) mass is 255 g/mol. The van der Waals surface area contributed by atoms with Gasteiger partial charge in [0.15, 0.2) is 0 Å². The van der Waals surface area contributed by atoms with Crippen molar-refractivity contribution in [1.82, 2.24) is 5.32 Å². The second-order valence-electron chi connectivity index (χ2n) is 5.06. The number of hydrogen-bond donors (Lipinski definition) is 1. The number of rotatable bonds is 6. The first-order chi connectivity index (χ1) is 8.43. The van der Waals surface area contributed by atoms with Crippen LogP contribution >= 0.6 is 0 Å². The lowest BCUT2D eigenvalue weighted by Gasteiger charge is -2.22. The van der Waals surface area contributed by atoms with Gasteiger partial charge in [0.05, 0.1) is 0 Å². The molecule has 1 nitrogen and oxygen atoms in total. The van der Waals surface area contributed by atoms with Crippen LogP contribution in [-0.4, -0.2) is 13.6 Å². The molecular formula is C15H23F2N. The maximum atomic E-state index is 13.8. The Morgan fingerprint density at radius 2 is 1.72 bits per heavy atom. The van der Waals surface area contributed by atoms with Gasteiger partial charge >= 0.3 is 0 Å². The van der Waals surface area contributed by atoms with Gasteiger partial charge in [-0.2, -0.15) is 0 Å². The minimum atomic E-state index is -2.75. The van der Waals surface area contributed by atoms with Crippen molar-refractivity contribution in [3.63, 3.8) is 0 Å². The summed E-state index contributed by atoms with van der Waals surface area (Å²) in [5.41, 5.74) is 1.23. The Bertz CT molecular complexity index is 357. The maximum absolute atomic E-state index is 13.8. The summed E-state index contributed by atoms with van der Waals surface area (Å²) in [6.07, 6.45) is 1.00. The van der Waals surface area contributed by atoms with Gasteiger partial charge in [-0.1, -0.05) is 45.0 Å². The van der Waals surface area contributed by atoms with Gasteiger partial charge in [0.1, 0.15) is 0 Å². The Kier molecular flexibility index (Phi) is 5.27. The molecular weight excluding hydrogens is 232 g/mol. The molecule has 0 saturated carbocycles. The van der Waals surface area contributed by atoms with E-state index in [-0.39, 0.29) is 5.56 Å². The molecule has 0 saturated heterocycles. The summed E-state index contributed by atoms with van der Waals surface area (Å²) in [5.74, 6) is -3.04. The molecule has 1 aromatic rings. The van der Waals surface area contributed by atoms with Gasteiger partial charge in [-0.05, 0) is 24.9 Å². The van der Waals surface area contributed by atoms with Gasteiger partial charge in [0, 0.05) is 18.0 Å². The molecule has 1 rings (SSSR count). The quantitative estimate of drug-likeness (QED) is 0.805. The molecule has 0 aromatic heterocycles. The highest BCUT2D eigenvalue weighted by Gasteiger charge is 2.35. The smallest absolute Gasteiger partial charge is 0.275 e. The van der Waals surface area contributed by atoms with E-state index in [9.17, 15) is 8.78 Å². The Morgan fingerprint density at radius 1 is 1.17 bits per heavy atom. The summed E-state index contributed by atoms with van der Waals surface area (Å²) in [7, 11) is 1.91. The highest BCUT2D eigenvalue weighted by molar-refractivity contribution is 5.28.